The fourth-order valence-corrected chi connectivity index (χ4v) is 4.97. The Hall–Kier alpha value is -2.38. The molecule has 2 aliphatic heterocycles. The number of thioether (sulfide) groups is 1. The first kappa shape index (κ1) is 18.6. The van der Waals surface area contributed by atoms with Gasteiger partial charge >= 0.3 is 0 Å². The third-order valence-electron chi connectivity index (χ3n) is 5.54. The van der Waals surface area contributed by atoms with Gasteiger partial charge in [0.2, 0.25) is 5.95 Å². The van der Waals surface area contributed by atoms with Gasteiger partial charge in [0.1, 0.15) is 12.0 Å². The van der Waals surface area contributed by atoms with Gasteiger partial charge < -0.3 is 15.5 Å². The van der Waals surface area contributed by atoms with E-state index in [9.17, 15) is 4.39 Å². The first-order valence-corrected chi connectivity index (χ1v) is 11.0. The number of anilines is 2. The van der Waals surface area contributed by atoms with Crippen LogP contribution in [0.15, 0.2) is 47.4 Å². The Morgan fingerprint density at radius 3 is 2.93 bits per heavy atom. The lowest BCUT2D eigenvalue weighted by Crippen LogP contribution is -2.31. The van der Waals surface area contributed by atoms with Gasteiger partial charge in [0.25, 0.3) is 0 Å². The number of benzene rings is 2. The van der Waals surface area contributed by atoms with E-state index in [1.165, 1.54) is 10.5 Å². The lowest BCUT2D eigenvalue weighted by molar-refractivity contribution is 0.342. The third kappa shape index (κ3) is 3.76. The molecule has 0 spiro atoms. The molecule has 0 bridgehead atoms. The molecule has 2 N–H and O–H groups in total. The third-order valence-corrected chi connectivity index (χ3v) is 6.63. The Labute approximate surface area is 174 Å². The summed E-state index contributed by atoms with van der Waals surface area (Å²) >= 11 is 1.87. The van der Waals surface area contributed by atoms with Crippen LogP contribution in [0.5, 0.6) is 0 Å². The highest BCUT2D eigenvalue weighted by Gasteiger charge is 2.28. The van der Waals surface area contributed by atoms with Crippen LogP contribution in [0.3, 0.4) is 0 Å². The number of alkyl halides is 1. The van der Waals surface area contributed by atoms with Gasteiger partial charge in [0, 0.05) is 42.2 Å². The van der Waals surface area contributed by atoms with Crippen LogP contribution in [0.25, 0.3) is 10.9 Å². The van der Waals surface area contributed by atoms with Crippen molar-refractivity contribution in [3.05, 3.63) is 53.6 Å². The molecular weight excluding hydrogens is 385 g/mol. The highest BCUT2D eigenvalue weighted by molar-refractivity contribution is 7.99. The second-order valence-corrected chi connectivity index (χ2v) is 8.83. The highest BCUT2D eigenvalue weighted by Crippen LogP contribution is 2.31. The van der Waals surface area contributed by atoms with Crippen molar-refractivity contribution in [3.63, 3.8) is 0 Å². The van der Waals surface area contributed by atoms with Crippen LogP contribution in [0, 0.1) is 6.92 Å². The van der Waals surface area contributed by atoms with Gasteiger partial charge in [-0.15, -0.1) is 11.8 Å². The molecule has 1 fully saturated rings. The van der Waals surface area contributed by atoms with Gasteiger partial charge in [-0.3, -0.25) is 0 Å². The lowest BCUT2D eigenvalue weighted by atomic mass is 10.1. The maximum absolute atomic E-state index is 14.2. The van der Waals surface area contributed by atoms with Crippen molar-refractivity contribution >= 4 is 34.4 Å². The van der Waals surface area contributed by atoms with Crippen LogP contribution in [-0.4, -0.2) is 47.6 Å². The Bertz CT molecular complexity index is 1040. The molecule has 150 valence electrons. The Morgan fingerprint density at radius 2 is 2.07 bits per heavy atom. The average molecular weight is 410 g/mol. The molecule has 0 amide bonds. The Balaban J connectivity index is 1.55. The van der Waals surface area contributed by atoms with E-state index in [4.69, 9.17) is 9.97 Å². The number of nitrogens with zero attached hydrogens (tertiary/aromatic N) is 3. The molecule has 2 atom stereocenters. The van der Waals surface area contributed by atoms with Crippen LogP contribution in [-0.2, 0) is 6.54 Å². The van der Waals surface area contributed by atoms with Crippen molar-refractivity contribution in [3.8, 4) is 0 Å². The van der Waals surface area contributed by atoms with Crippen molar-refractivity contribution in [1.82, 2.24) is 15.3 Å². The summed E-state index contributed by atoms with van der Waals surface area (Å²) in [4.78, 5) is 13.3. The number of rotatable bonds is 3. The molecule has 7 heteroatoms. The summed E-state index contributed by atoms with van der Waals surface area (Å²) in [6, 6.07) is 14.4. The lowest BCUT2D eigenvalue weighted by Gasteiger charge is -2.23. The van der Waals surface area contributed by atoms with Crippen molar-refractivity contribution in [2.45, 2.75) is 30.6 Å². The molecule has 2 aromatic carbocycles. The van der Waals surface area contributed by atoms with Crippen molar-refractivity contribution < 1.29 is 4.39 Å². The van der Waals surface area contributed by atoms with Crippen LogP contribution in [0.2, 0.25) is 0 Å². The first-order chi connectivity index (χ1) is 14.2. The zero-order valence-electron chi connectivity index (χ0n) is 16.4. The first-order valence-electron chi connectivity index (χ1n) is 10.0. The van der Waals surface area contributed by atoms with Gasteiger partial charge in [-0.1, -0.05) is 29.8 Å². The molecule has 0 radical (unpaired) electrons. The van der Waals surface area contributed by atoms with Crippen molar-refractivity contribution in [2.75, 3.05) is 35.6 Å². The summed E-state index contributed by atoms with van der Waals surface area (Å²) in [5.41, 5.74) is 3.31. The van der Waals surface area contributed by atoms with Crippen LogP contribution >= 0.6 is 11.8 Å². The fourth-order valence-electron chi connectivity index (χ4n) is 3.94. The SMILES string of the molecule is Cc1ccc2nc(N3CCSc4ccccc4C3)nc(NC3CNCC3F)c2c1. The van der Waals surface area contributed by atoms with E-state index in [2.05, 4.69) is 58.9 Å². The van der Waals surface area contributed by atoms with Gasteiger partial charge in [0.15, 0.2) is 0 Å². The second kappa shape index (κ2) is 7.80. The zero-order valence-corrected chi connectivity index (χ0v) is 17.2. The molecule has 1 saturated heterocycles. The minimum absolute atomic E-state index is 0.276. The van der Waals surface area contributed by atoms with E-state index in [-0.39, 0.29) is 6.04 Å². The zero-order chi connectivity index (χ0) is 19.8. The van der Waals surface area contributed by atoms with Crippen LogP contribution < -0.4 is 15.5 Å². The average Bonchev–Trinajstić information content (AvgIpc) is 3.00. The summed E-state index contributed by atoms with van der Waals surface area (Å²) in [5, 5.41) is 7.40. The monoisotopic (exact) mass is 409 g/mol. The Morgan fingerprint density at radius 1 is 1.17 bits per heavy atom. The maximum Gasteiger partial charge on any atom is 0.228 e. The van der Waals surface area contributed by atoms with Crippen molar-refractivity contribution in [2.24, 2.45) is 0 Å². The molecule has 0 aliphatic carbocycles. The van der Waals surface area contributed by atoms with Crippen molar-refractivity contribution in [1.29, 1.82) is 0 Å². The summed E-state index contributed by atoms with van der Waals surface area (Å²) in [5.74, 6) is 2.39. The predicted molar refractivity (Wildman–Crippen MR) is 118 cm³/mol. The quantitative estimate of drug-likeness (QED) is 0.687. The van der Waals surface area contributed by atoms with E-state index in [0.717, 1.165) is 41.1 Å². The molecule has 0 saturated carbocycles. The van der Waals surface area contributed by atoms with E-state index >= 15 is 0 Å². The second-order valence-electron chi connectivity index (χ2n) is 7.70. The van der Waals surface area contributed by atoms with E-state index in [1.807, 2.05) is 17.8 Å². The molecule has 5 nitrogen and oxygen atoms in total. The molecule has 1 aromatic heterocycles. The molecule has 29 heavy (non-hydrogen) atoms. The summed E-state index contributed by atoms with van der Waals surface area (Å²) < 4.78 is 14.2. The number of fused-ring (bicyclic) bond motifs is 2. The van der Waals surface area contributed by atoms with Gasteiger partial charge in [-0.05, 0) is 30.7 Å². The van der Waals surface area contributed by atoms with Crippen LogP contribution in [0.1, 0.15) is 11.1 Å². The summed E-state index contributed by atoms with van der Waals surface area (Å²) in [6.07, 6.45) is -0.922. The number of nitrogens with one attached hydrogen (secondary N) is 2. The molecule has 5 rings (SSSR count). The topological polar surface area (TPSA) is 53.1 Å². The normalized spacial score (nSPS) is 21.8. The van der Waals surface area contributed by atoms with E-state index in [0.29, 0.717) is 19.0 Å². The van der Waals surface area contributed by atoms with E-state index < -0.39 is 6.17 Å². The molecule has 2 unspecified atom stereocenters. The van der Waals surface area contributed by atoms with Gasteiger partial charge in [0.05, 0.1) is 11.6 Å². The van der Waals surface area contributed by atoms with E-state index in [1.54, 1.807) is 0 Å². The minimum atomic E-state index is -0.922. The molecular formula is C22H24FN5S. The Kier molecular flexibility index (Phi) is 5.01. The largest absolute Gasteiger partial charge is 0.362 e. The molecule has 3 heterocycles. The predicted octanol–water partition coefficient (Wildman–Crippen LogP) is 3.77. The fraction of sp³-hybridized carbons (Fsp3) is 0.364. The number of hydrogen-bond acceptors (Lipinski definition) is 6. The van der Waals surface area contributed by atoms with Gasteiger partial charge in [-0.25, -0.2) is 9.37 Å². The number of aromatic nitrogens is 2. The molecule has 2 aliphatic rings. The molecule has 3 aromatic rings. The summed E-state index contributed by atoms with van der Waals surface area (Å²) in [6.45, 7) is 4.67. The standard InChI is InChI=1S/C22H24FN5S/c1-14-6-7-18-16(10-14)21(25-19-12-24-11-17(19)23)27-22(26-18)28-8-9-29-20-5-3-2-4-15(20)13-28/h2-7,10,17,19,24H,8-9,11-13H2,1H3,(H,25,26,27). The summed E-state index contributed by atoms with van der Waals surface area (Å²) in [7, 11) is 0. The minimum Gasteiger partial charge on any atom is -0.362 e. The number of aryl methyl sites for hydroxylation is 1. The van der Waals surface area contributed by atoms with Gasteiger partial charge in [-0.2, -0.15) is 4.98 Å². The van der Waals surface area contributed by atoms with Crippen LogP contribution in [0.4, 0.5) is 16.2 Å². The highest BCUT2D eigenvalue weighted by atomic mass is 32.2. The number of halogens is 1. The number of hydrogen-bond donors (Lipinski definition) is 2. The maximum atomic E-state index is 14.2. The smallest absolute Gasteiger partial charge is 0.228 e.